The average molecular weight is 342 g/mol. The summed E-state index contributed by atoms with van der Waals surface area (Å²) >= 11 is 0. The highest BCUT2D eigenvalue weighted by atomic mass is 16.5. The van der Waals surface area contributed by atoms with Gasteiger partial charge in [-0.05, 0) is 50.4 Å². The maximum atomic E-state index is 12.2. The Hall–Kier alpha value is -2.62. The second-order valence-corrected chi connectivity index (χ2v) is 5.74. The predicted octanol–water partition coefficient (Wildman–Crippen LogP) is 4.22. The molecule has 1 amide bonds. The fraction of sp³-hybridized carbons (Fsp3) is 0.333. The van der Waals surface area contributed by atoms with Gasteiger partial charge in [-0.3, -0.25) is 4.79 Å². The summed E-state index contributed by atoms with van der Waals surface area (Å²) in [5.41, 5.74) is 0.943. The number of esters is 1. The second kappa shape index (κ2) is 10.3. The van der Waals surface area contributed by atoms with Gasteiger partial charge < -0.3 is 10.1 Å². The van der Waals surface area contributed by atoms with E-state index in [9.17, 15) is 9.59 Å². The van der Waals surface area contributed by atoms with Crippen LogP contribution in [0, 0.1) is 0 Å². The van der Waals surface area contributed by atoms with Gasteiger partial charge in [0.05, 0.1) is 12.2 Å². The molecule has 0 bridgehead atoms. The molecule has 0 fully saturated rings. The zero-order valence-corrected chi connectivity index (χ0v) is 14.1. The summed E-state index contributed by atoms with van der Waals surface area (Å²) in [4.78, 5) is 24.1. The summed E-state index contributed by atoms with van der Waals surface area (Å²) in [6, 6.07) is 16.4. The minimum Gasteiger partial charge on any atom is -0.462 e. The van der Waals surface area contributed by atoms with E-state index in [0.717, 1.165) is 0 Å². The van der Waals surface area contributed by atoms with Gasteiger partial charge in [0, 0.05) is 15.7 Å². The number of amides is 1. The smallest absolute Gasteiger partial charge is 0.338 e. The van der Waals surface area contributed by atoms with Crippen LogP contribution < -0.4 is 5.32 Å². The molecule has 2 rings (SSSR count). The quantitative estimate of drug-likeness (QED) is 0.548. The first-order chi connectivity index (χ1) is 13.4. The Morgan fingerprint density at radius 3 is 2.24 bits per heavy atom. The first-order valence-electron chi connectivity index (χ1n) is 9.96. The highest BCUT2D eigenvalue weighted by molar-refractivity contribution is 5.94. The van der Waals surface area contributed by atoms with E-state index in [1.165, 1.54) is 0 Å². The zero-order valence-electron chi connectivity index (χ0n) is 17.1. The molecule has 0 spiro atoms. The Morgan fingerprint density at radius 2 is 1.60 bits per heavy atom. The average Bonchev–Trinajstić information content (AvgIpc) is 2.69. The molecule has 1 atom stereocenters. The first kappa shape index (κ1) is 14.7. The standard InChI is InChI=1S/C21H25NO3/c1-17(22-20(23)18-12-6-2-7-13-18)11-5-4-10-16-25-21(24)19-14-8-3-9-15-19/h2-3,6-9,12-15,17H,4-5,10-11,16H2,1H3,(H,22,23)/t17-/m1/s1/i1D3. The van der Waals surface area contributed by atoms with E-state index in [0.29, 0.717) is 36.8 Å². The monoisotopic (exact) mass is 342 g/mol. The lowest BCUT2D eigenvalue weighted by Gasteiger charge is -2.13. The molecular weight excluding hydrogens is 314 g/mol. The van der Waals surface area contributed by atoms with Gasteiger partial charge >= 0.3 is 5.97 Å². The second-order valence-electron chi connectivity index (χ2n) is 5.74. The molecule has 0 unspecified atom stereocenters. The van der Waals surface area contributed by atoms with Crippen molar-refractivity contribution in [2.75, 3.05) is 6.61 Å². The van der Waals surface area contributed by atoms with E-state index in [2.05, 4.69) is 5.32 Å². The molecule has 0 radical (unpaired) electrons. The molecule has 2 aromatic rings. The Morgan fingerprint density at radius 1 is 0.960 bits per heavy atom. The highest BCUT2D eigenvalue weighted by Crippen LogP contribution is 2.07. The van der Waals surface area contributed by atoms with Crippen LogP contribution in [0.3, 0.4) is 0 Å². The number of hydrogen-bond acceptors (Lipinski definition) is 3. The lowest BCUT2D eigenvalue weighted by Crippen LogP contribution is -2.32. The van der Waals surface area contributed by atoms with E-state index >= 15 is 0 Å². The number of rotatable bonds is 9. The van der Waals surface area contributed by atoms with Crippen molar-refractivity contribution in [3.8, 4) is 0 Å². The molecular formula is C21H25NO3. The molecule has 0 aliphatic rings. The lowest BCUT2D eigenvalue weighted by molar-refractivity contribution is 0.0497. The van der Waals surface area contributed by atoms with Crippen molar-refractivity contribution in [2.45, 2.75) is 38.6 Å². The third-order valence-corrected chi connectivity index (χ3v) is 3.72. The van der Waals surface area contributed by atoms with E-state index in [4.69, 9.17) is 8.85 Å². The highest BCUT2D eigenvalue weighted by Gasteiger charge is 2.09. The van der Waals surface area contributed by atoms with Crippen LogP contribution in [0.5, 0.6) is 0 Å². The maximum absolute atomic E-state index is 12.2. The first-order valence-corrected chi connectivity index (χ1v) is 8.46. The molecule has 2 aromatic carbocycles. The number of carbonyl (C=O) groups is 2. The Bertz CT molecular complexity index is 748. The number of unbranched alkanes of at least 4 members (excludes halogenated alkanes) is 2. The largest absolute Gasteiger partial charge is 0.462 e. The van der Waals surface area contributed by atoms with Gasteiger partial charge in [0.1, 0.15) is 0 Å². The van der Waals surface area contributed by atoms with Gasteiger partial charge in [0.15, 0.2) is 0 Å². The number of benzene rings is 2. The van der Waals surface area contributed by atoms with Crippen LogP contribution in [0.4, 0.5) is 0 Å². The Labute approximate surface area is 153 Å². The van der Waals surface area contributed by atoms with Crippen LogP contribution in [0.25, 0.3) is 0 Å². The number of ether oxygens (including phenoxy) is 1. The van der Waals surface area contributed by atoms with Gasteiger partial charge in [-0.25, -0.2) is 4.79 Å². The molecule has 0 aliphatic heterocycles. The van der Waals surface area contributed by atoms with Crippen LogP contribution >= 0.6 is 0 Å². The number of carbonyl (C=O) groups excluding carboxylic acids is 2. The van der Waals surface area contributed by atoms with Gasteiger partial charge in [-0.15, -0.1) is 0 Å². The Kier molecular flexibility index (Phi) is 6.05. The summed E-state index contributed by atoms with van der Waals surface area (Å²) in [7, 11) is 0. The summed E-state index contributed by atoms with van der Waals surface area (Å²) in [6.07, 6.45) is 2.29. The molecule has 4 heteroatoms. The van der Waals surface area contributed by atoms with Crippen LogP contribution in [-0.2, 0) is 4.74 Å². The van der Waals surface area contributed by atoms with E-state index in [1.807, 2.05) is 6.07 Å². The molecule has 1 N–H and O–H groups in total. The van der Waals surface area contributed by atoms with Crippen molar-refractivity contribution in [1.82, 2.24) is 5.32 Å². The number of hydrogen-bond donors (Lipinski definition) is 1. The summed E-state index contributed by atoms with van der Waals surface area (Å²) < 4.78 is 28.2. The van der Waals surface area contributed by atoms with E-state index < -0.39 is 18.8 Å². The summed E-state index contributed by atoms with van der Waals surface area (Å²) in [6.45, 7) is -1.99. The fourth-order valence-electron chi connectivity index (χ4n) is 2.35. The zero-order chi connectivity index (χ0) is 20.4. The van der Waals surface area contributed by atoms with Gasteiger partial charge in [-0.1, -0.05) is 42.8 Å². The molecule has 0 saturated carbocycles. The van der Waals surface area contributed by atoms with Crippen molar-refractivity contribution >= 4 is 11.9 Å². The normalized spacial score (nSPS) is 13.8. The summed E-state index contributed by atoms with van der Waals surface area (Å²) in [5, 5.41) is 2.62. The van der Waals surface area contributed by atoms with Crippen molar-refractivity contribution in [3.63, 3.8) is 0 Å². The van der Waals surface area contributed by atoms with Crippen molar-refractivity contribution in [1.29, 1.82) is 0 Å². The predicted molar refractivity (Wildman–Crippen MR) is 98.6 cm³/mol. The molecule has 0 aromatic heterocycles. The van der Waals surface area contributed by atoms with Crippen LogP contribution in [0.1, 0.15) is 57.4 Å². The van der Waals surface area contributed by atoms with Crippen molar-refractivity contribution in [2.24, 2.45) is 0 Å². The molecule has 132 valence electrons. The molecule has 0 aliphatic carbocycles. The minimum absolute atomic E-state index is 0.280. The summed E-state index contributed by atoms with van der Waals surface area (Å²) in [5.74, 6) is -0.755. The minimum atomic E-state index is -2.27. The third-order valence-electron chi connectivity index (χ3n) is 3.72. The van der Waals surface area contributed by atoms with Gasteiger partial charge in [-0.2, -0.15) is 0 Å². The fourth-order valence-corrected chi connectivity index (χ4v) is 2.35. The SMILES string of the molecule is [2H]C([2H])([2H])[C@H](CCCCCOC(=O)c1ccccc1)NC(=O)c1ccccc1. The van der Waals surface area contributed by atoms with Gasteiger partial charge in [0.2, 0.25) is 0 Å². The molecule has 0 heterocycles. The van der Waals surface area contributed by atoms with Crippen LogP contribution in [0.15, 0.2) is 60.7 Å². The molecule has 25 heavy (non-hydrogen) atoms. The topological polar surface area (TPSA) is 55.4 Å². The maximum Gasteiger partial charge on any atom is 0.338 e. The van der Waals surface area contributed by atoms with Gasteiger partial charge in [0.25, 0.3) is 5.91 Å². The lowest BCUT2D eigenvalue weighted by atomic mass is 10.1. The molecule has 0 saturated heterocycles. The number of nitrogens with one attached hydrogen (secondary N) is 1. The van der Waals surface area contributed by atoms with Crippen molar-refractivity contribution in [3.05, 3.63) is 71.8 Å². The molecule has 4 nitrogen and oxygen atoms in total. The van der Waals surface area contributed by atoms with E-state index in [-0.39, 0.29) is 12.6 Å². The Balaban J connectivity index is 1.72. The van der Waals surface area contributed by atoms with Crippen LogP contribution in [-0.4, -0.2) is 24.5 Å². The van der Waals surface area contributed by atoms with E-state index in [1.54, 1.807) is 54.6 Å². The van der Waals surface area contributed by atoms with Crippen molar-refractivity contribution < 1.29 is 18.4 Å². The van der Waals surface area contributed by atoms with Crippen LogP contribution in [0.2, 0.25) is 0 Å². The third kappa shape index (κ3) is 6.79.